The molecule has 0 saturated carbocycles. The van der Waals surface area contributed by atoms with Gasteiger partial charge in [-0.25, -0.2) is 0 Å². The second-order valence-electron chi connectivity index (χ2n) is 3.84. The van der Waals surface area contributed by atoms with Gasteiger partial charge in [-0.2, -0.15) is 0 Å². The Morgan fingerprint density at radius 2 is 2.16 bits per heavy atom. The van der Waals surface area contributed by atoms with E-state index in [4.69, 9.17) is 9.47 Å². The minimum absolute atomic E-state index is 0.606. The fraction of sp³-hybridized carbons (Fsp3) is 0.417. The SMILES string of the molecule is COc1ccnc(CNCCn2ccnn2)c1OC. The van der Waals surface area contributed by atoms with Crippen molar-refractivity contribution in [3.05, 3.63) is 30.4 Å². The molecule has 0 aliphatic carbocycles. The summed E-state index contributed by atoms with van der Waals surface area (Å²) in [5, 5.41) is 10.9. The highest BCUT2D eigenvalue weighted by molar-refractivity contribution is 5.42. The number of ether oxygens (including phenoxy) is 2. The number of rotatable bonds is 7. The molecule has 102 valence electrons. The van der Waals surface area contributed by atoms with E-state index in [0.29, 0.717) is 18.0 Å². The monoisotopic (exact) mass is 263 g/mol. The van der Waals surface area contributed by atoms with Gasteiger partial charge >= 0.3 is 0 Å². The van der Waals surface area contributed by atoms with Crippen LogP contribution in [0.3, 0.4) is 0 Å². The molecule has 0 unspecified atom stereocenters. The molecule has 2 aromatic rings. The normalized spacial score (nSPS) is 10.4. The maximum absolute atomic E-state index is 5.32. The van der Waals surface area contributed by atoms with Crippen LogP contribution < -0.4 is 14.8 Å². The highest BCUT2D eigenvalue weighted by atomic mass is 16.5. The Balaban J connectivity index is 1.88. The van der Waals surface area contributed by atoms with Gasteiger partial charge in [-0.1, -0.05) is 5.21 Å². The predicted octanol–water partition coefficient (Wildman–Crippen LogP) is 0.480. The van der Waals surface area contributed by atoms with E-state index in [2.05, 4.69) is 20.6 Å². The van der Waals surface area contributed by atoms with Crippen LogP contribution in [0.4, 0.5) is 0 Å². The van der Waals surface area contributed by atoms with Crippen LogP contribution in [0, 0.1) is 0 Å². The second kappa shape index (κ2) is 6.69. The third-order valence-corrected chi connectivity index (χ3v) is 2.65. The molecular weight excluding hydrogens is 246 g/mol. The Bertz CT molecular complexity index is 501. The van der Waals surface area contributed by atoms with Crippen LogP contribution in [0.2, 0.25) is 0 Å². The molecule has 2 rings (SSSR count). The molecule has 2 aromatic heterocycles. The quantitative estimate of drug-likeness (QED) is 0.732. The van der Waals surface area contributed by atoms with Crippen molar-refractivity contribution in [1.29, 1.82) is 0 Å². The molecule has 0 atom stereocenters. The third kappa shape index (κ3) is 3.41. The molecule has 0 aromatic carbocycles. The summed E-state index contributed by atoms with van der Waals surface area (Å²) in [5.74, 6) is 1.35. The van der Waals surface area contributed by atoms with Gasteiger partial charge in [0.1, 0.15) is 0 Å². The van der Waals surface area contributed by atoms with Crippen LogP contribution in [0.5, 0.6) is 11.5 Å². The van der Waals surface area contributed by atoms with Gasteiger partial charge in [0.05, 0.1) is 32.7 Å². The average molecular weight is 263 g/mol. The predicted molar refractivity (Wildman–Crippen MR) is 69.1 cm³/mol. The summed E-state index contributed by atoms with van der Waals surface area (Å²) >= 11 is 0. The Labute approximate surface area is 111 Å². The summed E-state index contributed by atoms with van der Waals surface area (Å²) in [4.78, 5) is 4.29. The number of methoxy groups -OCH3 is 2. The molecule has 0 fully saturated rings. The summed E-state index contributed by atoms with van der Waals surface area (Å²) in [6, 6.07) is 1.78. The minimum atomic E-state index is 0.606. The molecule has 0 radical (unpaired) electrons. The first kappa shape index (κ1) is 13.3. The fourth-order valence-corrected chi connectivity index (χ4v) is 1.73. The smallest absolute Gasteiger partial charge is 0.183 e. The molecule has 0 spiro atoms. The van der Waals surface area contributed by atoms with Crippen molar-refractivity contribution in [2.24, 2.45) is 0 Å². The Hall–Kier alpha value is -2.15. The highest BCUT2D eigenvalue weighted by Crippen LogP contribution is 2.28. The molecule has 7 nitrogen and oxygen atoms in total. The molecular formula is C12H17N5O2. The van der Waals surface area contributed by atoms with Crippen LogP contribution in [-0.2, 0) is 13.1 Å². The first-order chi connectivity index (χ1) is 9.35. The van der Waals surface area contributed by atoms with Crippen molar-refractivity contribution in [1.82, 2.24) is 25.3 Å². The van der Waals surface area contributed by atoms with Crippen LogP contribution >= 0.6 is 0 Å². The Morgan fingerprint density at radius 3 is 2.84 bits per heavy atom. The first-order valence-electron chi connectivity index (χ1n) is 5.96. The first-order valence-corrected chi connectivity index (χ1v) is 5.96. The van der Waals surface area contributed by atoms with Gasteiger partial charge in [0.15, 0.2) is 11.5 Å². The molecule has 0 bridgehead atoms. The van der Waals surface area contributed by atoms with E-state index in [9.17, 15) is 0 Å². The number of nitrogens with zero attached hydrogens (tertiary/aromatic N) is 4. The summed E-state index contributed by atoms with van der Waals surface area (Å²) < 4.78 is 12.3. The van der Waals surface area contributed by atoms with Crippen molar-refractivity contribution in [2.75, 3.05) is 20.8 Å². The maximum Gasteiger partial charge on any atom is 0.183 e. The second-order valence-corrected chi connectivity index (χ2v) is 3.84. The Kier molecular flexibility index (Phi) is 4.68. The van der Waals surface area contributed by atoms with E-state index in [-0.39, 0.29) is 0 Å². The van der Waals surface area contributed by atoms with Crippen molar-refractivity contribution < 1.29 is 9.47 Å². The van der Waals surface area contributed by atoms with Gasteiger partial charge < -0.3 is 14.8 Å². The van der Waals surface area contributed by atoms with Gasteiger partial charge in [0.25, 0.3) is 0 Å². The fourth-order valence-electron chi connectivity index (χ4n) is 1.73. The largest absolute Gasteiger partial charge is 0.493 e. The van der Waals surface area contributed by atoms with Gasteiger partial charge in [-0.05, 0) is 0 Å². The molecule has 0 amide bonds. The zero-order valence-corrected chi connectivity index (χ0v) is 11.0. The van der Waals surface area contributed by atoms with Gasteiger partial charge in [-0.15, -0.1) is 5.10 Å². The van der Waals surface area contributed by atoms with Crippen molar-refractivity contribution in [2.45, 2.75) is 13.1 Å². The van der Waals surface area contributed by atoms with E-state index < -0.39 is 0 Å². The zero-order valence-electron chi connectivity index (χ0n) is 11.0. The van der Waals surface area contributed by atoms with Gasteiger partial charge in [-0.3, -0.25) is 9.67 Å². The maximum atomic E-state index is 5.32. The standard InChI is InChI=1S/C12H17N5O2/c1-18-11-3-4-14-10(12(11)19-2)9-13-5-7-17-8-6-15-16-17/h3-4,6,8,13H,5,7,9H2,1-2H3. The van der Waals surface area contributed by atoms with Crippen molar-refractivity contribution in [3.8, 4) is 11.5 Å². The van der Waals surface area contributed by atoms with Crippen LogP contribution in [0.1, 0.15) is 5.69 Å². The molecule has 0 aliphatic heterocycles. The van der Waals surface area contributed by atoms with E-state index in [1.165, 1.54) is 0 Å². The molecule has 2 heterocycles. The lowest BCUT2D eigenvalue weighted by Crippen LogP contribution is -2.20. The molecule has 7 heteroatoms. The van der Waals surface area contributed by atoms with Gasteiger partial charge in [0, 0.05) is 31.5 Å². The lowest BCUT2D eigenvalue weighted by molar-refractivity contribution is 0.348. The summed E-state index contributed by atoms with van der Waals surface area (Å²) in [5.41, 5.74) is 0.820. The number of nitrogens with one attached hydrogen (secondary N) is 1. The van der Waals surface area contributed by atoms with E-state index in [1.807, 2.05) is 6.20 Å². The number of pyridine rings is 1. The topological polar surface area (TPSA) is 74.1 Å². The highest BCUT2D eigenvalue weighted by Gasteiger charge is 2.10. The molecule has 19 heavy (non-hydrogen) atoms. The summed E-state index contributed by atoms with van der Waals surface area (Å²) in [7, 11) is 3.22. The van der Waals surface area contributed by atoms with Crippen LogP contribution in [0.15, 0.2) is 24.7 Å². The molecule has 0 saturated heterocycles. The van der Waals surface area contributed by atoms with Crippen molar-refractivity contribution >= 4 is 0 Å². The number of hydrogen-bond acceptors (Lipinski definition) is 6. The van der Waals surface area contributed by atoms with E-state index in [1.54, 1.807) is 37.4 Å². The third-order valence-electron chi connectivity index (χ3n) is 2.65. The number of hydrogen-bond donors (Lipinski definition) is 1. The summed E-state index contributed by atoms with van der Waals surface area (Å²) in [6.07, 6.45) is 5.19. The lowest BCUT2D eigenvalue weighted by atomic mass is 10.3. The zero-order chi connectivity index (χ0) is 13.5. The average Bonchev–Trinajstić information content (AvgIpc) is 2.96. The van der Waals surface area contributed by atoms with Crippen molar-refractivity contribution in [3.63, 3.8) is 0 Å². The molecule has 1 N–H and O–H groups in total. The van der Waals surface area contributed by atoms with E-state index >= 15 is 0 Å². The number of aromatic nitrogens is 4. The van der Waals surface area contributed by atoms with Gasteiger partial charge in [0.2, 0.25) is 0 Å². The van der Waals surface area contributed by atoms with Crippen LogP contribution in [0.25, 0.3) is 0 Å². The van der Waals surface area contributed by atoms with E-state index in [0.717, 1.165) is 18.8 Å². The summed E-state index contributed by atoms with van der Waals surface area (Å²) in [6.45, 7) is 2.13. The minimum Gasteiger partial charge on any atom is -0.493 e. The van der Waals surface area contributed by atoms with Crippen LogP contribution in [-0.4, -0.2) is 40.7 Å². The molecule has 0 aliphatic rings. The Morgan fingerprint density at radius 1 is 1.26 bits per heavy atom. The lowest BCUT2D eigenvalue weighted by Gasteiger charge is -2.12.